The molecular weight excluding hydrogens is 556 g/mol. The van der Waals surface area contributed by atoms with Gasteiger partial charge in [-0.2, -0.15) is 0 Å². The van der Waals surface area contributed by atoms with Crippen molar-refractivity contribution in [2.45, 2.75) is 13.8 Å². The number of hydrogen-bond acceptors (Lipinski definition) is 16. The van der Waals surface area contributed by atoms with Crippen LogP contribution in [-0.4, -0.2) is 104 Å². The highest BCUT2D eigenvalue weighted by atomic mass is 16.6. The van der Waals surface area contributed by atoms with Crippen LogP contribution in [-0.2, 0) is 76.3 Å². The van der Waals surface area contributed by atoms with Crippen molar-refractivity contribution in [2.24, 2.45) is 17.3 Å². The molecule has 16 nitrogen and oxygen atoms in total. The molecule has 1 aliphatic carbocycles. The summed E-state index contributed by atoms with van der Waals surface area (Å²) in [4.78, 5) is 108. The first kappa shape index (κ1) is 34.3. The van der Waals surface area contributed by atoms with Crippen LogP contribution in [0.2, 0.25) is 0 Å². The molecule has 2 atom stereocenters. The lowest BCUT2D eigenvalue weighted by molar-refractivity contribution is -0.185. The highest BCUT2D eigenvalue weighted by Gasteiger charge is 2.70. The lowest BCUT2D eigenvalue weighted by Crippen LogP contribution is -2.57. The fraction of sp³-hybridized carbons (Fsp3) is 0.520. The first-order valence-corrected chi connectivity index (χ1v) is 11.7. The van der Waals surface area contributed by atoms with Gasteiger partial charge in [0.2, 0.25) is 5.41 Å². The Morgan fingerprint density at radius 1 is 0.561 bits per heavy atom. The Hall–Kier alpha value is -4.76. The number of esters is 8. The number of ether oxygens (including phenoxy) is 8. The molecule has 0 saturated carbocycles. The van der Waals surface area contributed by atoms with Gasteiger partial charge in [0.15, 0.2) is 0 Å². The fourth-order valence-corrected chi connectivity index (χ4v) is 4.36. The van der Waals surface area contributed by atoms with Gasteiger partial charge < -0.3 is 37.9 Å². The normalized spacial score (nSPS) is 17.8. The Balaban J connectivity index is 5.08. The molecule has 0 aliphatic heterocycles. The van der Waals surface area contributed by atoms with Crippen LogP contribution < -0.4 is 0 Å². The van der Waals surface area contributed by atoms with Crippen molar-refractivity contribution in [3.8, 4) is 0 Å². The molecule has 0 N–H and O–H groups in total. The predicted molar refractivity (Wildman–Crippen MR) is 129 cm³/mol. The van der Waals surface area contributed by atoms with Crippen molar-refractivity contribution < 1.29 is 76.3 Å². The Kier molecular flexibility index (Phi) is 12.2. The van der Waals surface area contributed by atoms with Crippen LogP contribution in [0.4, 0.5) is 0 Å². The molecule has 0 heterocycles. The van der Waals surface area contributed by atoms with E-state index in [0.717, 1.165) is 42.7 Å². The molecule has 41 heavy (non-hydrogen) atoms. The monoisotopic (exact) mass is 586 g/mol. The molecule has 0 aromatic heterocycles. The minimum Gasteiger partial charge on any atom is -0.469 e. The van der Waals surface area contributed by atoms with Gasteiger partial charge in [0.25, 0.3) is 0 Å². The molecular formula is C25H30O16. The van der Waals surface area contributed by atoms with Crippen molar-refractivity contribution in [1.29, 1.82) is 0 Å². The van der Waals surface area contributed by atoms with E-state index in [9.17, 15) is 38.4 Å². The van der Waals surface area contributed by atoms with Gasteiger partial charge in [0.05, 0.1) is 78.2 Å². The second-order valence-electron chi connectivity index (χ2n) is 7.76. The zero-order valence-electron chi connectivity index (χ0n) is 23.6. The van der Waals surface area contributed by atoms with Crippen molar-refractivity contribution in [2.75, 3.05) is 55.9 Å². The quantitative estimate of drug-likeness (QED) is 0.170. The molecule has 16 heteroatoms. The third kappa shape index (κ3) is 5.90. The second-order valence-corrected chi connectivity index (χ2v) is 7.76. The second kappa shape index (κ2) is 14.6. The minimum absolute atomic E-state index is 0.486. The lowest BCUT2D eigenvalue weighted by Gasteiger charge is -2.37. The van der Waals surface area contributed by atoms with E-state index in [0.29, 0.717) is 0 Å². The van der Waals surface area contributed by atoms with Crippen molar-refractivity contribution in [3.63, 3.8) is 0 Å². The molecule has 0 saturated heterocycles. The molecule has 0 unspecified atom stereocenters. The number of hydrogen-bond donors (Lipinski definition) is 0. The average Bonchev–Trinajstić information content (AvgIpc) is 3.10. The van der Waals surface area contributed by atoms with Crippen molar-refractivity contribution in [3.05, 3.63) is 22.3 Å². The summed E-state index contributed by atoms with van der Waals surface area (Å²) in [6.45, 7) is 1.61. The topological polar surface area (TPSA) is 210 Å². The minimum atomic E-state index is -3.45. The summed E-state index contributed by atoms with van der Waals surface area (Å²) in [5.74, 6) is -18.0. The van der Waals surface area contributed by atoms with Crippen LogP contribution >= 0.6 is 0 Å². The van der Waals surface area contributed by atoms with Crippen LogP contribution in [0.1, 0.15) is 13.8 Å². The van der Waals surface area contributed by atoms with Crippen LogP contribution in [0, 0.1) is 17.3 Å². The van der Waals surface area contributed by atoms with Gasteiger partial charge in [-0.3, -0.25) is 19.2 Å². The maximum absolute atomic E-state index is 13.9. The molecule has 1 aliphatic rings. The van der Waals surface area contributed by atoms with Gasteiger partial charge in [-0.15, -0.1) is 0 Å². The van der Waals surface area contributed by atoms with Crippen LogP contribution in [0.15, 0.2) is 22.3 Å². The standard InChI is InChI=1S/C25H30O16/c1-9-40-23(32)25(24(33)41-10-2)15(21(30)38-7)13(19(28)36-5)11(17(26)34-3)12(18(27)35-4)14(20(29)37-6)16(25)22(31)39-8/h13,15H,9-10H2,1-8H3/t13-,15+/m0/s1. The maximum Gasteiger partial charge on any atom is 0.339 e. The van der Waals surface area contributed by atoms with E-state index in [4.69, 9.17) is 37.9 Å². The predicted octanol–water partition coefficient (Wildman–Crippen LogP) is -1.02. The van der Waals surface area contributed by atoms with Crippen LogP contribution in [0.5, 0.6) is 0 Å². The average molecular weight is 586 g/mol. The third-order valence-corrected chi connectivity index (χ3v) is 5.95. The highest BCUT2D eigenvalue weighted by molar-refractivity contribution is 6.23. The Morgan fingerprint density at radius 3 is 1.34 bits per heavy atom. The van der Waals surface area contributed by atoms with Crippen molar-refractivity contribution >= 4 is 47.8 Å². The summed E-state index contributed by atoms with van der Waals surface area (Å²) in [5, 5.41) is 0. The molecule has 0 bridgehead atoms. The molecule has 0 fully saturated rings. The maximum atomic E-state index is 13.9. The smallest absolute Gasteiger partial charge is 0.339 e. The Morgan fingerprint density at radius 2 is 0.976 bits per heavy atom. The summed E-state index contributed by atoms with van der Waals surface area (Å²) in [5.41, 5.74) is -8.39. The number of methoxy groups -OCH3 is 6. The molecule has 0 spiro atoms. The summed E-state index contributed by atoms with van der Waals surface area (Å²) < 4.78 is 38.7. The van der Waals surface area contributed by atoms with Gasteiger partial charge in [0.1, 0.15) is 11.8 Å². The first-order valence-electron chi connectivity index (χ1n) is 11.7. The van der Waals surface area contributed by atoms with Crippen molar-refractivity contribution in [1.82, 2.24) is 0 Å². The SMILES string of the molecule is CCOC(=O)C1(C(=O)OCC)C(C(=O)OC)=C(C(=O)OC)C(C(=O)OC)=C(C(=O)OC)[C@H](C(=O)OC)[C@@H]1C(=O)OC. The Labute approximate surface area is 233 Å². The molecule has 0 aromatic carbocycles. The molecule has 1 rings (SSSR count). The summed E-state index contributed by atoms with van der Waals surface area (Å²) in [6, 6.07) is 0. The summed E-state index contributed by atoms with van der Waals surface area (Å²) in [6.07, 6.45) is 0. The molecule has 0 amide bonds. The van der Waals surface area contributed by atoms with Gasteiger partial charge in [-0.1, -0.05) is 0 Å². The zero-order valence-corrected chi connectivity index (χ0v) is 23.6. The first-order chi connectivity index (χ1) is 19.4. The van der Waals surface area contributed by atoms with E-state index >= 15 is 0 Å². The van der Waals surface area contributed by atoms with Gasteiger partial charge in [0, 0.05) is 0 Å². The lowest BCUT2D eigenvalue weighted by atomic mass is 9.63. The van der Waals surface area contributed by atoms with E-state index in [2.05, 4.69) is 0 Å². The summed E-state index contributed by atoms with van der Waals surface area (Å²) >= 11 is 0. The summed E-state index contributed by atoms with van der Waals surface area (Å²) in [7, 11) is 4.76. The third-order valence-electron chi connectivity index (χ3n) is 5.95. The number of rotatable bonds is 10. The zero-order chi connectivity index (χ0) is 31.7. The fourth-order valence-electron chi connectivity index (χ4n) is 4.36. The highest BCUT2D eigenvalue weighted by Crippen LogP contribution is 2.52. The van der Waals surface area contributed by atoms with Crippen LogP contribution in [0.3, 0.4) is 0 Å². The van der Waals surface area contributed by atoms with E-state index in [-0.39, 0.29) is 0 Å². The molecule has 0 aromatic rings. The molecule has 0 radical (unpaired) electrons. The van der Waals surface area contributed by atoms with Gasteiger partial charge in [-0.25, -0.2) is 19.2 Å². The van der Waals surface area contributed by atoms with Gasteiger partial charge in [-0.05, 0) is 13.8 Å². The van der Waals surface area contributed by atoms with E-state index in [1.807, 2.05) is 0 Å². The van der Waals surface area contributed by atoms with E-state index in [1.165, 1.54) is 13.8 Å². The van der Waals surface area contributed by atoms with Crippen LogP contribution in [0.25, 0.3) is 0 Å². The number of carbonyl (C=O) groups excluding carboxylic acids is 8. The van der Waals surface area contributed by atoms with Gasteiger partial charge >= 0.3 is 47.8 Å². The number of carbonyl (C=O) groups is 8. The van der Waals surface area contributed by atoms with E-state index < -0.39 is 101 Å². The molecule has 226 valence electrons. The largest absolute Gasteiger partial charge is 0.469 e. The Bertz CT molecular complexity index is 1170. The van der Waals surface area contributed by atoms with E-state index in [1.54, 1.807) is 0 Å².